The number of aryl methyl sites for hydroxylation is 1. The molecular formula is C22H30N4O2S. The van der Waals surface area contributed by atoms with E-state index in [-0.39, 0.29) is 23.7 Å². The van der Waals surface area contributed by atoms with Gasteiger partial charge in [0.1, 0.15) is 10.9 Å². The molecule has 0 radical (unpaired) electrons. The van der Waals surface area contributed by atoms with Gasteiger partial charge in [-0.25, -0.2) is 9.97 Å². The number of carbonyl (C=O) groups is 2. The van der Waals surface area contributed by atoms with Gasteiger partial charge in [0.25, 0.3) is 5.91 Å². The maximum atomic E-state index is 12.8. The summed E-state index contributed by atoms with van der Waals surface area (Å²) >= 11 is 1.45. The number of thioether (sulfide) groups is 1. The second kappa shape index (κ2) is 10.4. The van der Waals surface area contributed by atoms with Gasteiger partial charge in [0.15, 0.2) is 0 Å². The number of benzene rings is 1. The third kappa shape index (κ3) is 6.03. The van der Waals surface area contributed by atoms with Crippen LogP contribution in [0.25, 0.3) is 0 Å². The van der Waals surface area contributed by atoms with Crippen molar-refractivity contribution in [1.29, 1.82) is 0 Å². The van der Waals surface area contributed by atoms with Crippen LogP contribution in [0.1, 0.15) is 67.5 Å². The number of amides is 2. The number of rotatable bonds is 8. The summed E-state index contributed by atoms with van der Waals surface area (Å²) in [6.45, 7) is 10.1. The quantitative estimate of drug-likeness (QED) is 0.489. The van der Waals surface area contributed by atoms with Crippen molar-refractivity contribution >= 4 is 29.3 Å². The van der Waals surface area contributed by atoms with Crippen molar-refractivity contribution in [1.82, 2.24) is 15.3 Å². The molecule has 0 fully saturated rings. The highest BCUT2D eigenvalue weighted by molar-refractivity contribution is 7.98. The molecule has 1 atom stereocenters. The lowest BCUT2D eigenvalue weighted by molar-refractivity contribution is -0.119. The van der Waals surface area contributed by atoms with Gasteiger partial charge in [0.2, 0.25) is 5.91 Å². The van der Waals surface area contributed by atoms with Crippen molar-refractivity contribution in [3.8, 4) is 0 Å². The molecule has 0 aliphatic heterocycles. The van der Waals surface area contributed by atoms with Crippen molar-refractivity contribution in [2.45, 2.75) is 58.5 Å². The number of hydrogen-bond donors (Lipinski definition) is 2. The first-order valence-electron chi connectivity index (χ1n) is 9.87. The molecule has 1 aromatic carbocycles. The summed E-state index contributed by atoms with van der Waals surface area (Å²) < 4.78 is 0. The summed E-state index contributed by atoms with van der Waals surface area (Å²) in [5.41, 5.74) is 2.83. The average Bonchev–Trinajstić information content (AvgIpc) is 2.70. The summed E-state index contributed by atoms with van der Waals surface area (Å²) in [6, 6.07) is 7.51. The Balaban J connectivity index is 2.12. The molecule has 2 rings (SSSR count). The third-order valence-electron chi connectivity index (χ3n) is 4.72. The van der Waals surface area contributed by atoms with Crippen molar-refractivity contribution in [3.63, 3.8) is 0 Å². The lowest BCUT2D eigenvalue weighted by atomic mass is 10.1. The Bertz CT molecular complexity index is 883. The maximum Gasteiger partial charge on any atom is 0.256 e. The molecule has 2 N–H and O–H groups in total. The molecule has 0 saturated carbocycles. The Morgan fingerprint density at radius 3 is 2.52 bits per heavy atom. The Morgan fingerprint density at radius 1 is 1.17 bits per heavy atom. The summed E-state index contributed by atoms with van der Waals surface area (Å²) in [4.78, 5) is 33.9. The van der Waals surface area contributed by atoms with Crippen LogP contribution >= 0.6 is 11.8 Å². The lowest BCUT2D eigenvalue weighted by Gasteiger charge is -2.14. The third-order valence-corrected chi connectivity index (χ3v) is 5.40. The predicted molar refractivity (Wildman–Crippen MR) is 118 cm³/mol. The van der Waals surface area contributed by atoms with E-state index in [4.69, 9.17) is 0 Å². The fourth-order valence-electron chi connectivity index (χ4n) is 2.72. The van der Waals surface area contributed by atoms with Crippen LogP contribution in [0.5, 0.6) is 0 Å². The Labute approximate surface area is 177 Å². The fourth-order valence-corrected chi connectivity index (χ4v) is 3.34. The van der Waals surface area contributed by atoms with Gasteiger partial charge in [-0.05, 0) is 37.3 Å². The maximum absolute atomic E-state index is 12.8. The highest BCUT2D eigenvalue weighted by Gasteiger charge is 2.19. The topological polar surface area (TPSA) is 84.0 Å². The largest absolute Gasteiger partial charge is 0.348 e. The molecule has 156 valence electrons. The Kier molecular flexibility index (Phi) is 8.20. The second-order valence-electron chi connectivity index (χ2n) is 7.39. The van der Waals surface area contributed by atoms with Crippen LogP contribution in [-0.4, -0.2) is 28.0 Å². The van der Waals surface area contributed by atoms with Gasteiger partial charge >= 0.3 is 0 Å². The molecule has 0 aliphatic rings. The zero-order valence-corrected chi connectivity index (χ0v) is 18.8. The lowest BCUT2D eigenvalue weighted by Crippen LogP contribution is -2.26. The number of carbonyl (C=O) groups excluding carboxylic acids is 2. The minimum Gasteiger partial charge on any atom is -0.348 e. The van der Waals surface area contributed by atoms with Gasteiger partial charge in [-0.2, -0.15) is 0 Å². The minimum absolute atomic E-state index is 0.00341. The summed E-state index contributed by atoms with van der Waals surface area (Å²) in [6.07, 6.45) is 2.70. The molecule has 2 aromatic rings. The summed E-state index contributed by atoms with van der Waals surface area (Å²) in [5, 5.41) is 6.56. The van der Waals surface area contributed by atoms with Crippen LogP contribution < -0.4 is 10.6 Å². The van der Waals surface area contributed by atoms with E-state index >= 15 is 0 Å². The first-order chi connectivity index (χ1) is 13.8. The molecule has 0 spiro atoms. The van der Waals surface area contributed by atoms with Gasteiger partial charge in [-0.15, -0.1) is 11.8 Å². The number of anilines is 1. The van der Waals surface area contributed by atoms with Gasteiger partial charge in [0, 0.05) is 24.1 Å². The first kappa shape index (κ1) is 22.9. The van der Waals surface area contributed by atoms with Gasteiger partial charge in [0.05, 0.1) is 11.3 Å². The summed E-state index contributed by atoms with van der Waals surface area (Å²) in [7, 11) is 0. The van der Waals surface area contributed by atoms with Crippen molar-refractivity contribution in [3.05, 3.63) is 46.9 Å². The van der Waals surface area contributed by atoms with E-state index < -0.39 is 0 Å². The van der Waals surface area contributed by atoms with Gasteiger partial charge < -0.3 is 10.6 Å². The molecule has 0 aliphatic carbocycles. The Morgan fingerprint density at radius 2 is 1.90 bits per heavy atom. The van der Waals surface area contributed by atoms with E-state index in [2.05, 4.69) is 20.6 Å². The van der Waals surface area contributed by atoms with Crippen molar-refractivity contribution < 1.29 is 9.59 Å². The molecule has 1 unspecified atom stereocenters. The predicted octanol–water partition coefficient (Wildman–Crippen LogP) is 4.54. The van der Waals surface area contributed by atoms with E-state index in [0.717, 1.165) is 23.5 Å². The first-order valence-corrected chi connectivity index (χ1v) is 11.1. The van der Waals surface area contributed by atoms with Crippen LogP contribution in [0.3, 0.4) is 0 Å². The molecule has 6 nitrogen and oxygen atoms in total. The average molecular weight is 415 g/mol. The molecule has 2 amide bonds. The van der Waals surface area contributed by atoms with E-state index in [1.807, 2.05) is 65.1 Å². The smallest absolute Gasteiger partial charge is 0.256 e. The SMILES string of the molecule is CCC(C)C(=O)Nc1cccc(CNC(=O)c2c(C)nc(C(C)C)nc2SC)c1. The zero-order chi connectivity index (χ0) is 21.6. The summed E-state index contributed by atoms with van der Waals surface area (Å²) in [5.74, 6) is 0.700. The van der Waals surface area contributed by atoms with Crippen LogP contribution in [0.4, 0.5) is 5.69 Å². The van der Waals surface area contributed by atoms with Crippen LogP contribution in [0, 0.1) is 12.8 Å². The van der Waals surface area contributed by atoms with Crippen molar-refractivity contribution in [2.24, 2.45) is 5.92 Å². The van der Waals surface area contributed by atoms with Gasteiger partial charge in [-0.3, -0.25) is 9.59 Å². The van der Waals surface area contributed by atoms with E-state index in [9.17, 15) is 9.59 Å². The van der Waals surface area contributed by atoms with Crippen LogP contribution in [0.2, 0.25) is 0 Å². The molecule has 7 heteroatoms. The molecular weight excluding hydrogens is 384 g/mol. The molecule has 0 bridgehead atoms. The van der Waals surface area contributed by atoms with E-state index in [1.165, 1.54) is 11.8 Å². The molecule has 29 heavy (non-hydrogen) atoms. The molecule has 1 heterocycles. The number of nitrogens with one attached hydrogen (secondary N) is 2. The number of aromatic nitrogens is 2. The number of hydrogen-bond acceptors (Lipinski definition) is 5. The highest BCUT2D eigenvalue weighted by atomic mass is 32.2. The second-order valence-corrected chi connectivity index (χ2v) is 8.18. The fraction of sp³-hybridized carbons (Fsp3) is 0.455. The standard InChI is InChI=1S/C22H30N4O2S/c1-7-14(4)20(27)25-17-10-8-9-16(11-17)12-23-21(28)18-15(5)24-19(13(2)3)26-22(18)29-6/h8-11,13-14H,7,12H2,1-6H3,(H,23,28)(H,25,27). The molecule has 1 aromatic heterocycles. The highest BCUT2D eigenvalue weighted by Crippen LogP contribution is 2.23. The zero-order valence-electron chi connectivity index (χ0n) is 18.0. The monoisotopic (exact) mass is 414 g/mol. The van der Waals surface area contributed by atoms with E-state index in [1.54, 1.807) is 0 Å². The van der Waals surface area contributed by atoms with Crippen LogP contribution in [-0.2, 0) is 11.3 Å². The number of nitrogens with zero attached hydrogens (tertiary/aromatic N) is 2. The normalized spacial score (nSPS) is 12.0. The van der Waals surface area contributed by atoms with Gasteiger partial charge in [-0.1, -0.05) is 39.8 Å². The van der Waals surface area contributed by atoms with E-state index in [0.29, 0.717) is 22.8 Å². The van der Waals surface area contributed by atoms with Crippen LogP contribution in [0.15, 0.2) is 29.3 Å². The minimum atomic E-state index is -0.198. The van der Waals surface area contributed by atoms with Crippen molar-refractivity contribution in [2.75, 3.05) is 11.6 Å². The molecule has 0 saturated heterocycles. The Hall–Kier alpha value is -2.41.